The molecular weight excluding hydrogens is 464 g/mol. The van der Waals surface area contributed by atoms with Crippen LogP contribution in [-0.2, 0) is 11.8 Å². The number of ether oxygens (including phenoxy) is 2. The van der Waals surface area contributed by atoms with E-state index in [4.69, 9.17) is 21.1 Å². The molecule has 35 heavy (non-hydrogen) atoms. The molecule has 0 spiro atoms. The van der Waals surface area contributed by atoms with Crippen molar-refractivity contribution in [3.05, 3.63) is 102 Å². The number of nitrogens with zero attached hydrogens (tertiary/aromatic N) is 2. The zero-order valence-electron chi connectivity index (χ0n) is 18.6. The Morgan fingerprint density at radius 2 is 1.80 bits per heavy atom. The summed E-state index contributed by atoms with van der Waals surface area (Å²) in [5, 5.41) is 6.93. The zero-order valence-corrected chi connectivity index (χ0v) is 19.3. The largest absolute Gasteiger partial charge is 0.458 e. The van der Waals surface area contributed by atoms with E-state index in [9.17, 15) is 4.79 Å². The standard InChI is InChI=1S/C27H19ClN4O3/c1-32-11-10-29-26(32)16-2-6-19(7-3-16)30-25(17-4-9-22-23(14-17)35-13-12-34-22)24-20-8-5-18(28)15-21(20)31-27(24)33/h2-15,30H,1H3,(H,31,33)/b25-24-. The Labute approximate surface area is 206 Å². The molecule has 8 heteroatoms. The fourth-order valence-electron chi connectivity index (χ4n) is 4.22. The molecule has 2 N–H and O–H groups in total. The van der Waals surface area contributed by atoms with E-state index in [0.29, 0.717) is 33.5 Å². The minimum atomic E-state index is -0.218. The highest BCUT2D eigenvalue weighted by Gasteiger charge is 2.29. The molecule has 3 heterocycles. The van der Waals surface area contributed by atoms with Gasteiger partial charge in [0.15, 0.2) is 11.5 Å². The molecule has 0 saturated carbocycles. The molecule has 172 valence electrons. The third-order valence-electron chi connectivity index (χ3n) is 5.89. The molecular formula is C27H19ClN4O3. The molecule has 2 aliphatic rings. The van der Waals surface area contributed by atoms with Gasteiger partial charge in [-0.2, -0.15) is 0 Å². The third-order valence-corrected chi connectivity index (χ3v) is 6.12. The summed E-state index contributed by atoms with van der Waals surface area (Å²) in [6.07, 6.45) is 6.63. The molecule has 1 aromatic heterocycles. The summed E-state index contributed by atoms with van der Waals surface area (Å²) in [4.78, 5) is 17.6. The van der Waals surface area contributed by atoms with Crippen LogP contribution in [0.25, 0.3) is 22.7 Å². The van der Waals surface area contributed by atoms with Crippen LogP contribution in [0.5, 0.6) is 11.5 Å². The molecule has 2 aliphatic heterocycles. The summed E-state index contributed by atoms with van der Waals surface area (Å²) in [7, 11) is 1.95. The second kappa shape index (κ2) is 8.38. The number of hydrogen-bond acceptors (Lipinski definition) is 5. The van der Waals surface area contributed by atoms with Gasteiger partial charge in [-0.25, -0.2) is 4.98 Å². The van der Waals surface area contributed by atoms with Crippen molar-refractivity contribution in [2.45, 2.75) is 0 Å². The smallest absolute Gasteiger partial charge is 0.258 e. The number of carbonyl (C=O) groups is 1. The number of fused-ring (bicyclic) bond motifs is 2. The van der Waals surface area contributed by atoms with Gasteiger partial charge in [0, 0.05) is 46.8 Å². The van der Waals surface area contributed by atoms with Crippen LogP contribution in [0.2, 0.25) is 5.02 Å². The lowest BCUT2D eigenvalue weighted by Gasteiger charge is -2.18. The van der Waals surface area contributed by atoms with E-state index >= 15 is 0 Å². The molecule has 0 unspecified atom stereocenters. The number of aromatic nitrogens is 2. The fourth-order valence-corrected chi connectivity index (χ4v) is 4.39. The highest BCUT2D eigenvalue weighted by molar-refractivity contribution is 6.38. The number of carbonyl (C=O) groups excluding carboxylic acids is 1. The zero-order chi connectivity index (χ0) is 23.9. The molecule has 1 amide bonds. The fraction of sp³-hybridized carbons (Fsp3) is 0.0370. The van der Waals surface area contributed by atoms with Crippen LogP contribution in [0.15, 0.2) is 85.6 Å². The summed E-state index contributed by atoms with van der Waals surface area (Å²) in [6, 6.07) is 18.8. The van der Waals surface area contributed by atoms with E-state index in [-0.39, 0.29) is 5.91 Å². The molecule has 0 bridgehead atoms. The van der Waals surface area contributed by atoms with Gasteiger partial charge in [0.1, 0.15) is 18.3 Å². The van der Waals surface area contributed by atoms with Gasteiger partial charge < -0.3 is 24.7 Å². The lowest BCUT2D eigenvalue weighted by Crippen LogP contribution is -2.10. The summed E-state index contributed by atoms with van der Waals surface area (Å²) < 4.78 is 13.1. The lowest BCUT2D eigenvalue weighted by atomic mass is 9.99. The number of halogens is 1. The van der Waals surface area contributed by atoms with Gasteiger partial charge in [-0.15, -0.1) is 0 Å². The molecule has 0 radical (unpaired) electrons. The minimum Gasteiger partial charge on any atom is -0.458 e. The average molecular weight is 483 g/mol. The molecule has 3 aromatic carbocycles. The molecule has 7 nitrogen and oxygen atoms in total. The first-order valence-corrected chi connectivity index (χ1v) is 11.3. The maximum absolute atomic E-state index is 13.2. The van der Waals surface area contributed by atoms with E-state index in [1.807, 2.05) is 66.3 Å². The normalized spacial score (nSPS) is 15.0. The van der Waals surface area contributed by atoms with Gasteiger partial charge in [0.05, 0.1) is 17.0 Å². The summed E-state index contributed by atoms with van der Waals surface area (Å²) in [5.74, 6) is 1.81. The van der Waals surface area contributed by atoms with Gasteiger partial charge >= 0.3 is 0 Å². The third kappa shape index (κ3) is 3.82. The van der Waals surface area contributed by atoms with E-state index in [1.54, 1.807) is 18.3 Å². The SMILES string of the molecule is Cn1ccnc1-c1ccc(N/C(=C2\C(=O)Nc3cc(Cl)ccc32)c2ccc3c(c2)OC=CO3)cc1. The topological polar surface area (TPSA) is 77.4 Å². The Bertz CT molecular complexity index is 1540. The predicted octanol–water partition coefficient (Wildman–Crippen LogP) is 5.92. The second-order valence-electron chi connectivity index (χ2n) is 8.13. The first kappa shape index (κ1) is 21.1. The van der Waals surface area contributed by atoms with E-state index in [1.165, 1.54) is 12.5 Å². The molecule has 0 fully saturated rings. The first-order chi connectivity index (χ1) is 17.1. The van der Waals surface area contributed by atoms with Crippen molar-refractivity contribution < 1.29 is 14.3 Å². The number of aryl methyl sites for hydroxylation is 1. The quantitative estimate of drug-likeness (QED) is 0.353. The van der Waals surface area contributed by atoms with Crippen molar-refractivity contribution in [3.63, 3.8) is 0 Å². The van der Waals surface area contributed by atoms with E-state index in [2.05, 4.69) is 15.6 Å². The number of rotatable bonds is 4. The number of imidazole rings is 1. The Kier molecular flexibility index (Phi) is 5.04. The summed E-state index contributed by atoms with van der Waals surface area (Å²) in [5.41, 5.74) is 5.15. The monoisotopic (exact) mass is 482 g/mol. The molecule has 0 aliphatic carbocycles. The van der Waals surface area contributed by atoms with Crippen LogP contribution in [0.4, 0.5) is 11.4 Å². The van der Waals surface area contributed by atoms with E-state index in [0.717, 1.165) is 28.2 Å². The molecule has 0 saturated heterocycles. The van der Waals surface area contributed by atoms with Crippen LogP contribution in [0, 0.1) is 0 Å². The highest BCUT2D eigenvalue weighted by Crippen LogP contribution is 2.41. The van der Waals surface area contributed by atoms with Crippen molar-refractivity contribution in [2.24, 2.45) is 7.05 Å². The Morgan fingerprint density at radius 1 is 1.00 bits per heavy atom. The van der Waals surface area contributed by atoms with Gasteiger partial charge in [-0.3, -0.25) is 4.79 Å². The van der Waals surface area contributed by atoms with Gasteiger partial charge in [0.2, 0.25) is 0 Å². The van der Waals surface area contributed by atoms with Crippen molar-refractivity contribution in [1.82, 2.24) is 9.55 Å². The second-order valence-corrected chi connectivity index (χ2v) is 8.56. The maximum Gasteiger partial charge on any atom is 0.258 e. The van der Waals surface area contributed by atoms with Crippen molar-refractivity contribution in [1.29, 1.82) is 0 Å². The predicted molar refractivity (Wildman–Crippen MR) is 136 cm³/mol. The Balaban J connectivity index is 1.46. The number of amides is 1. The van der Waals surface area contributed by atoms with Crippen LogP contribution < -0.4 is 20.1 Å². The van der Waals surface area contributed by atoms with Crippen molar-refractivity contribution in [2.75, 3.05) is 10.6 Å². The van der Waals surface area contributed by atoms with Gasteiger partial charge in [-0.1, -0.05) is 17.7 Å². The van der Waals surface area contributed by atoms with Crippen LogP contribution in [0.1, 0.15) is 11.1 Å². The maximum atomic E-state index is 13.2. The number of nitrogens with one attached hydrogen (secondary N) is 2. The first-order valence-electron chi connectivity index (χ1n) is 10.9. The molecule has 0 atom stereocenters. The highest BCUT2D eigenvalue weighted by atomic mass is 35.5. The van der Waals surface area contributed by atoms with Crippen molar-refractivity contribution in [3.8, 4) is 22.9 Å². The van der Waals surface area contributed by atoms with E-state index < -0.39 is 0 Å². The number of hydrogen-bond donors (Lipinski definition) is 2. The lowest BCUT2D eigenvalue weighted by molar-refractivity contribution is -0.110. The number of benzene rings is 3. The van der Waals surface area contributed by atoms with Crippen LogP contribution in [-0.4, -0.2) is 15.5 Å². The minimum absolute atomic E-state index is 0.218. The summed E-state index contributed by atoms with van der Waals surface area (Å²) in [6.45, 7) is 0. The Hall–Kier alpha value is -4.49. The number of anilines is 2. The van der Waals surface area contributed by atoms with Gasteiger partial charge in [-0.05, 0) is 54.6 Å². The molecule has 4 aromatic rings. The van der Waals surface area contributed by atoms with Crippen LogP contribution in [0.3, 0.4) is 0 Å². The Morgan fingerprint density at radius 3 is 2.57 bits per heavy atom. The molecule has 6 rings (SSSR count). The van der Waals surface area contributed by atoms with Crippen LogP contribution >= 0.6 is 11.6 Å². The van der Waals surface area contributed by atoms with Gasteiger partial charge in [0.25, 0.3) is 5.91 Å². The average Bonchev–Trinajstić information content (AvgIpc) is 3.44. The summed E-state index contributed by atoms with van der Waals surface area (Å²) >= 11 is 6.17. The van der Waals surface area contributed by atoms with Crippen molar-refractivity contribution >= 4 is 40.2 Å².